The average Bonchev–Trinajstić information content (AvgIpc) is 3.15. The molecule has 11 heteroatoms. The lowest BCUT2D eigenvalue weighted by atomic mass is 9.78. The number of benzene rings is 2. The molecule has 0 bridgehead atoms. The average molecular weight is 489 g/mol. The molecular weight excluding hydrogens is 462 g/mol. The molecule has 4 rings (SSSR count). The number of para-hydroxylation sites is 2. The van der Waals surface area contributed by atoms with E-state index in [9.17, 15) is 22.8 Å². The molecule has 1 saturated heterocycles. The fourth-order valence-corrected chi connectivity index (χ4v) is 4.05. The maximum Gasteiger partial charge on any atom is 0.494 e. The molecule has 0 saturated carbocycles. The summed E-state index contributed by atoms with van der Waals surface area (Å²) < 4.78 is 52.3. The highest BCUT2D eigenvalue weighted by atomic mass is 19.4. The Labute approximate surface area is 201 Å². The zero-order chi connectivity index (χ0) is 25.8. The molecule has 1 aliphatic rings. The first-order chi connectivity index (χ1) is 16.2. The molecule has 0 unspecified atom stereocenters. The van der Waals surface area contributed by atoms with Crippen LogP contribution < -0.4 is 16.5 Å². The number of rotatable bonds is 5. The van der Waals surface area contributed by atoms with Gasteiger partial charge in [-0.15, -0.1) is 0 Å². The van der Waals surface area contributed by atoms with Crippen LogP contribution in [0.15, 0.2) is 47.3 Å². The number of fused-ring (bicyclic) bond motifs is 1. The molecule has 2 heterocycles. The lowest BCUT2D eigenvalue weighted by molar-refractivity contribution is -0.138. The third kappa shape index (κ3) is 4.75. The van der Waals surface area contributed by atoms with Gasteiger partial charge in [-0.05, 0) is 63.8 Å². The Balaban J connectivity index is 1.70. The summed E-state index contributed by atoms with van der Waals surface area (Å²) in [6, 6.07) is 12.3. The number of hydrogen-bond acceptors (Lipinski definition) is 4. The van der Waals surface area contributed by atoms with Crippen LogP contribution in [0.5, 0.6) is 0 Å². The van der Waals surface area contributed by atoms with E-state index in [1.54, 1.807) is 30.3 Å². The van der Waals surface area contributed by atoms with E-state index in [0.717, 1.165) is 11.0 Å². The van der Waals surface area contributed by atoms with Crippen molar-refractivity contribution in [1.82, 2.24) is 14.5 Å². The molecule has 1 aliphatic heterocycles. The van der Waals surface area contributed by atoms with E-state index >= 15 is 0 Å². The molecule has 1 fully saturated rings. The van der Waals surface area contributed by atoms with E-state index in [0.29, 0.717) is 16.7 Å². The first kappa shape index (κ1) is 25.1. The van der Waals surface area contributed by atoms with Crippen molar-refractivity contribution in [2.75, 3.05) is 6.54 Å². The molecule has 35 heavy (non-hydrogen) atoms. The van der Waals surface area contributed by atoms with Crippen molar-refractivity contribution >= 4 is 29.5 Å². The second kappa shape index (κ2) is 8.56. The Morgan fingerprint density at radius 1 is 1.03 bits per heavy atom. The third-order valence-electron chi connectivity index (χ3n) is 6.61. The topological polar surface area (TPSA) is 74.5 Å². The number of aromatic nitrogens is 2. The van der Waals surface area contributed by atoms with Gasteiger partial charge in [0.05, 0.1) is 27.9 Å². The summed E-state index contributed by atoms with van der Waals surface area (Å²) >= 11 is 0. The Hall–Kier alpha value is -3.05. The Kier molecular flexibility index (Phi) is 6.13. The van der Waals surface area contributed by atoms with Crippen molar-refractivity contribution in [1.29, 1.82) is 0 Å². The molecule has 1 N–H and O–H groups in total. The lowest BCUT2D eigenvalue weighted by Crippen LogP contribution is -2.41. The van der Waals surface area contributed by atoms with Crippen LogP contribution in [0.25, 0.3) is 16.7 Å². The van der Waals surface area contributed by atoms with Gasteiger partial charge in [-0.1, -0.05) is 24.3 Å². The molecule has 0 atom stereocenters. The summed E-state index contributed by atoms with van der Waals surface area (Å²) in [7, 11) is -0.567. The lowest BCUT2D eigenvalue weighted by Gasteiger charge is -2.32. The number of imidazole rings is 1. The summed E-state index contributed by atoms with van der Waals surface area (Å²) in [5, 5.41) is 1.81. The number of aryl methyl sites for hydroxylation is 1. The number of carbonyl (C=O) groups excluding carboxylic acids is 1. The smallest absolute Gasteiger partial charge is 0.399 e. The number of alkyl halides is 3. The van der Waals surface area contributed by atoms with E-state index in [4.69, 9.17) is 9.31 Å². The van der Waals surface area contributed by atoms with E-state index < -0.39 is 49.2 Å². The van der Waals surface area contributed by atoms with E-state index in [1.165, 1.54) is 9.13 Å². The molecule has 186 valence electrons. The van der Waals surface area contributed by atoms with E-state index in [-0.39, 0.29) is 0 Å². The van der Waals surface area contributed by atoms with Gasteiger partial charge < -0.3 is 14.6 Å². The van der Waals surface area contributed by atoms with Crippen LogP contribution in [0.1, 0.15) is 33.3 Å². The van der Waals surface area contributed by atoms with Gasteiger partial charge in [-0.2, -0.15) is 13.2 Å². The fraction of sp³-hybridized carbons (Fsp3) is 0.417. The fourth-order valence-electron chi connectivity index (χ4n) is 4.05. The van der Waals surface area contributed by atoms with Gasteiger partial charge in [0.15, 0.2) is 0 Å². The SMILES string of the molecule is Cc1cc(B2OC(C)(C)C(C)(C)O2)ccc1-n1c(=O)n(CC(=O)NCC(F)(F)F)c2ccccc21. The quantitative estimate of drug-likeness (QED) is 0.560. The Bertz CT molecular complexity index is 1330. The number of nitrogens with one attached hydrogen (secondary N) is 1. The first-order valence-corrected chi connectivity index (χ1v) is 11.2. The predicted octanol–water partition coefficient (Wildman–Crippen LogP) is 3.08. The number of amides is 1. The maximum absolute atomic E-state index is 13.4. The summed E-state index contributed by atoms with van der Waals surface area (Å²) in [6.07, 6.45) is -4.54. The van der Waals surface area contributed by atoms with Crippen LogP contribution in [0.4, 0.5) is 13.2 Å². The van der Waals surface area contributed by atoms with Crippen LogP contribution >= 0.6 is 0 Å². The molecular formula is C24H27BF3N3O4. The Morgan fingerprint density at radius 3 is 2.20 bits per heavy atom. The van der Waals surface area contributed by atoms with Crippen molar-refractivity contribution in [2.24, 2.45) is 0 Å². The number of carbonyl (C=O) groups is 1. The highest BCUT2D eigenvalue weighted by molar-refractivity contribution is 6.62. The monoisotopic (exact) mass is 489 g/mol. The summed E-state index contributed by atoms with van der Waals surface area (Å²) in [6.45, 7) is 7.72. The molecule has 2 aromatic carbocycles. The number of nitrogens with zero attached hydrogens (tertiary/aromatic N) is 2. The van der Waals surface area contributed by atoms with Crippen molar-refractivity contribution in [2.45, 2.75) is 58.5 Å². The highest BCUT2D eigenvalue weighted by Crippen LogP contribution is 2.36. The van der Waals surface area contributed by atoms with Crippen LogP contribution in [-0.2, 0) is 20.6 Å². The molecule has 0 aliphatic carbocycles. The first-order valence-electron chi connectivity index (χ1n) is 11.2. The molecule has 0 spiro atoms. The summed E-state index contributed by atoms with van der Waals surface area (Å²) in [5.41, 5.74) is 1.60. The van der Waals surface area contributed by atoms with Gasteiger partial charge in [0.1, 0.15) is 13.1 Å². The standard InChI is InChI=1S/C24H27BF3N3O4/c1-15-12-16(25-34-22(2,3)23(4,5)35-25)10-11-17(15)31-19-9-7-6-8-18(19)30(21(31)33)13-20(32)29-14-24(26,27)28/h6-12H,13-14H2,1-5H3,(H,29,32). The minimum atomic E-state index is -4.54. The zero-order valence-corrected chi connectivity index (χ0v) is 20.2. The van der Waals surface area contributed by atoms with Gasteiger partial charge in [0.25, 0.3) is 0 Å². The predicted molar refractivity (Wildman–Crippen MR) is 127 cm³/mol. The van der Waals surface area contributed by atoms with Gasteiger partial charge >= 0.3 is 19.0 Å². The van der Waals surface area contributed by atoms with Crippen LogP contribution in [0.2, 0.25) is 0 Å². The van der Waals surface area contributed by atoms with Gasteiger partial charge in [0, 0.05) is 0 Å². The van der Waals surface area contributed by atoms with Gasteiger partial charge in [-0.25, -0.2) is 4.79 Å². The molecule has 1 amide bonds. The van der Waals surface area contributed by atoms with Crippen LogP contribution in [-0.4, -0.2) is 46.1 Å². The minimum Gasteiger partial charge on any atom is -0.399 e. The maximum atomic E-state index is 13.4. The van der Waals surface area contributed by atoms with Gasteiger partial charge in [-0.3, -0.25) is 13.9 Å². The number of halogens is 3. The second-order valence-corrected chi connectivity index (χ2v) is 9.72. The second-order valence-electron chi connectivity index (χ2n) is 9.72. The normalized spacial score (nSPS) is 17.2. The molecule has 1 aromatic heterocycles. The van der Waals surface area contributed by atoms with E-state index in [2.05, 4.69) is 0 Å². The van der Waals surface area contributed by atoms with Crippen LogP contribution in [0.3, 0.4) is 0 Å². The van der Waals surface area contributed by atoms with Crippen molar-refractivity contribution in [3.63, 3.8) is 0 Å². The number of hydrogen-bond donors (Lipinski definition) is 1. The van der Waals surface area contributed by atoms with Crippen molar-refractivity contribution in [3.05, 3.63) is 58.5 Å². The van der Waals surface area contributed by atoms with Crippen LogP contribution in [0, 0.1) is 6.92 Å². The van der Waals surface area contributed by atoms with Crippen molar-refractivity contribution < 1.29 is 27.3 Å². The largest absolute Gasteiger partial charge is 0.494 e. The molecule has 3 aromatic rings. The summed E-state index contributed by atoms with van der Waals surface area (Å²) in [4.78, 5) is 25.5. The molecule has 0 radical (unpaired) electrons. The van der Waals surface area contributed by atoms with Crippen molar-refractivity contribution in [3.8, 4) is 5.69 Å². The highest BCUT2D eigenvalue weighted by Gasteiger charge is 2.51. The van der Waals surface area contributed by atoms with E-state index in [1.807, 2.05) is 52.1 Å². The zero-order valence-electron chi connectivity index (χ0n) is 20.2. The summed E-state index contributed by atoms with van der Waals surface area (Å²) in [5.74, 6) is -0.903. The third-order valence-corrected chi connectivity index (χ3v) is 6.61. The Morgan fingerprint density at radius 2 is 1.63 bits per heavy atom. The van der Waals surface area contributed by atoms with Gasteiger partial charge in [0.2, 0.25) is 5.91 Å². The minimum absolute atomic E-state index is 0.439. The molecule has 7 nitrogen and oxygen atoms in total.